The summed E-state index contributed by atoms with van der Waals surface area (Å²) in [7, 11) is 1.54. The molecule has 0 spiro atoms. The maximum absolute atomic E-state index is 11.6. The first-order valence-electron chi connectivity index (χ1n) is 5.09. The Morgan fingerprint density at radius 1 is 1.47 bits per heavy atom. The van der Waals surface area contributed by atoms with Gasteiger partial charge in [-0.15, -0.1) is 0 Å². The van der Waals surface area contributed by atoms with Crippen LogP contribution in [-0.4, -0.2) is 30.4 Å². The number of nitrogens with one attached hydrogen (secondary N) is 3. The Balaban J connectivity index is 2.49. The number of anilines is 1. The van der Waals surface area contributed by atoms with Crippen molar-refractivity contribution in [2.45, 2.75) is 6.42 Å². The first-order valence-corrected chi connectivity index (χ1v) is 5.09. The van der Waals surface area contributed by atoms with E-state index in [0.29, 0.717) is 5.69 Å². The van der Waals surface area contributed by atoms with E-state index in [2.05, 4.69) is 21.0 Å². The van der Waals surface area contributed by atoms with Crippen molar-refractivity contribution in [2.24, 2.45) is 5.84 Å². The zero-order chi connectivity index (χ0) is 12.7. The molecule has 1 aromatic heterocycles. The van der Waals surface area contributed by atoms with Crippen LogP contribution >= 0.6 is 0 Å². The third kappa shape index (κ3) is 4.07. The van der Waals surface area contributed by atoms with Gasteiger partial charge < -0.3 is 16.1 Å². The molecular weight excluding hydrogens is 222 g/mol. The minimum atomic E-state index is -0.342. The molecule has 0 fully saturated rings. The topological polar surface area (TPSA) is 109 Å². The molecule has 0 unspecified atom stereocenters. The first kappa shape index (κ1) is 12.9. The highest BCUT2D eigenvalue weighted by Gasteiger charge is 2.07. The summed E-state index contributed by atoms with van der Waals surface area (Å²) in [6.45, 7) is 0.264. The molecule has 0 bridgehead atoms. The molecule has 0 saturated carbocycles. The molecule has 1 heterocycles. The first-order chi connectivity index (χ1) is 8.17. The molecule has 17 heavy (non-hydrogen) atoms. The van der Waals surface area contributed by atoms with E-state index < -0.39 is 0 Å². The van der Waals surface area contributed by atoms with Crippen LogP contribution in [0.3, 0.4) is 0 Å². The second-order valence-electron chi connectivity index (χ2n) is 3.25. The van der Waals surface area contributed by atoms with E-state index >= 15 is 0 Å². The predicted octanol–water partition coefficient (Wildman–Crippen LogP) is -0.767. The Labute approximate surface area is 98.8 Å². The van der Waals surface area contributed by atoms with Crippen molar-refractivity contribution < 1.29 is 9.59 Å². The number of aromatic nitrogens is 1. The van der Waals surface area contributed by atoms with E-state index in [0.717, 1.165) is 0 Å². The molecule has 0 aromatic carbocycles. The van der Waals surface area contributed by atoms with Gasteiger partial charge in [0.2, 0.25) is 5.91 Å². The van der Waals surface area contributed by atoms with Crippen molar-refractivity contribution >= 4 is 17.5 Å². The smallest absolute Gasteiger partial charge is 0.269 e. The summed E-state index contributed by atoms with van der Waals surface area (Å²) in [5.74, 6) is 4.74. The number of hydrogen-bond acceptors (Lipinski definition) is 5. The number of carbonyl (C=O) groups excluding carboxylic acids is 2. The Morgan fingerprint density at radius 2 is 2.24 bits per heavy atom. The standard InChI is InChI=1S/C10H15N5O2/c1-12-9(16)3-5-14-10(17)8-6-7(15-11)2-4-13-8/h2,4,6H,3,5,11H2,1H3,(H,12,16)(H,13,15)(H,14,17). The quantitative estimate of drug-likeness (QED) is 0.397. The van der Waals surface area contributed by atoms with Gasteiger partial charge >= 0.3 is 0 Å². The fourth-order valence-corrected chi connectivity index (χ4v) is 1.15. The van der Waals surface area contributed by atoms with Gasteiger partial charge in [0.1, 0.15) is 5.69 Å². The van der Waals surface area contributed by atoms with Gasteiger partial charge in [-0.25, -0.2) is 0 Å². The van der Waals surface area contributed by atoms with Crippen molar-refractivity contribution in [1.82, 2.24) is 15.6 Å². The lowest BCUT2D eigenvalue weighted by atomic mass is 10.3. The maximum atomic E-state index is 11.6. The number of hydrazine groups is 1. The fourth-order valence-electron chi connectivity index (χ4n) is 1.15. The van der Waals surface area contributed by atoms with Crippen LogP contribution in [0.25, 0.3) is 0 Å². The second-order valence-corrected chi connectivity index (χ2v) is 3.25. The normalized spacial score (nSPS) is 9.53. The molecule has 1 rings (SSSR count). The zero-order valence-electron chi connectivity index (χ0n) is 9.49. The Morgan fingerprint density at radius 3 is 2.88 bits per heavy atom. The van der Waals surface area contributed by atoms with Gasteiger partial charge in [-0.05, 0) is 12.1 Å². The molecule has 92 valence electrons. The SMILES string of the molecule is CNC(=O)CCNC(=O)c1cc(NN)ccn1. The van der Waals surface area contributed by atoms with Gasteiger partial charge in [0.25, 0.3) is 5.91 Å². The van der Waals surface area contributed by atoms with Gasteiger partial charge in [-0.1, -0.05) is 0 Å². The summed E-state index contributed by atoms with van der Waals surface area (Å²) < 4.78 is 0. The molecule has 0 aliphatic heterocycles. The van der Waals surface area contributed by atoms with Crippen LogP contribution in [0.15, 0.2) is 18.3 Å². The van der Waals surface area contributed by atoms with E-state index in [-0.39, 0.29) is 30.5 Å². The summed E-state index contributed by atoms with van der Waals surface area (Å²) in [6, 6.07) is 3.16. The van der Waals surface area contributed by atoms with Crippen LogP contribution in [0.1, 0.15) is 16.9 Å². The highest BCUT2D eigenvalue weighted by atomic mass is 16.2. The van der Waals surface area contributed by atoms with Crippen molar-refractivity contribution in [3.05, 3.63) is 24.0 Å². The second kappa shape index (κ2) is 6.44. The van der Waals surface area contributed by atoms with Gasteiger partial charge in [-0.3, -0.25) is 20.4 Å². The average molecular weight is 237 g/mol. The molecular formula is C10H15N5O2. The molecule has 1 aromatic rings. The molecule has 0 saturated heterocycles. The Bertz CT molecular complexity index is 407. The molecule has 7 nitrogen and oxygen atoms in total. The van der Waals surface area contributed by atoms with E-state index in [1.807, 2.05) is 0 Å². The molecule has 7 heteroatoms. The number of nitrogens with two attached hydrogens (primary N) is 1. The van der Waals surface area contributed by atoms with Gasteiger partial charge in [-0.2, -0.15) is 0 Å². The molecule has 5 N–H and O–H groups in total. The molecule has 0 aliphatic carbocycles. The minimum Gasteiger partial charge on any atom is -0.359 e. The monoisotopic (exact) mass is 237 g/mol. The predicted molar refractivity (Wildman–Crippen MR) is 63.1 cm³/mol. The number of carbonyl (C=O) groups is 2. The Kier molecular flexibility index (Phi) is 4.89. The lowest BCUT2D eigenvalue weighted by Gasteiger charge is -2.05. The van der Waals surface area contributed by atoms with E-state index in [9.17, 15) is 9.59 Å². The lowest BCUT2D eigenvalue weighted by molar-refractivity contribution is -0.120. The van der Waals surface area contributed by atoms with Crippen LogP contribution in [0.5, 0.6) is 0 Å². The zero-order valence-corrected chi connectivity index (χ0v) is 9.49. The summed E-state index contributed by atoms with van der Waals surface area (Å²) in [4.78, 5) is 26.4. The number of nitrogens with zero attached hydrogens (tertiary/aromatic N) is 1. The third-order valence-corrected chi connectivity index (χ3v) is 2.08. The molecule has 0 aliphatic rings. The van der Waals surface area contributed by atoms with Gasteiger partial charge in [0.15, 0.2) is 0 Å². The lowest BCUT2D eigenvalue weighted by Crippen LogP contribution is -2.29. The van der Waals surface area contributed by atoms with Crippen molar-refractivity contribution in [3.8, 4) is 0 Å². The summed E-state index contributed by atoms with van der Waals surface area (Å²) >= 11 is 0. The largest absolute Gasteiger partial charge is 0.359 e. The average Bonchev–Trinajstić information content (AvgIpc) is 2.38. The van der Waals surface area contributed by atoms with Crippen molar-refractivity contribution in [2.75, 3.05) is 19.0 Å². The van der Waals surface area contributed by atoms with Crippen LogP contribution in [0.4, 0.5) is 5.69 Å². The van der Waals surface area contributed by atoms with Crippen LogP contribution < -0.4 is 21.9 Å². The van der Waals surface area contributed by atoms with E-state index in [1.54, 1.807) is 13.1 Å². The number of hydrogen-bond donors (Lipinski definition) is 4. The third-order valence-electron chi connectivity index (χ3n) is 2.08. The highest BCUT2D eigenvalue weighted by Crippen LogP contribution is 2.05. The Hall–Kier alpha value is -2.15. The minimum absolute atomic E-state index is 0.129. The van der Waals surface area contributed by atoms with Crippen LogP contribution in [-0.2, 0) is 4.79 Å². The van der Waals surface area contributed by atoms with E-state index in [4.69, 9.17) is 5.84 Å². The van der Waals surface area contributed by atoms with E-state index in [1.165, 1.54) is 12.3 Å². The number of pyridine rings is 1. The fraction of sp³-hybridized carbons (Fsp3) is 0.300. The molecule has 2 amide bonds. The number of rotatable bonds is 5. The van der Waals surface area contributed by atoms with Gasteiger partial charge in [0, 0.05) is 26.2 Å². The maximum Gasteiger partial charge on any atom is 0.269 e. The summed E-state index contributed by atoms with van der Waals surface area (Å²) in [5.41, 5.74) is 3.26. The molecule has 0 atom stereocenters. The molecule has 0 radical (unpaired) electrons. The summed E-state index contributed by atoms with van der Waals surface area (Å²) in [6.07, 6.45) is 1.71. The van der Waals surface area contributed by atoms with Crippen LogP contribution in [0.2, 0.25) is 0 Å². The van der Waals surface area contributed by atoms with Crippen LogP contribution in [0, 0.1) is 0 Å². The summed E-state index contributed by atoms with van der Waals surface area (Å²) in [5, 5.41) is 5.05. The van der Waals surface area contributed by atoms with Crippen molar-refractivity contribution in [3.63, 3.8) is 0 Å². The number of amides is 2. The van der Waals surface area contributed by atoms with Crippen molar-refractivity contribution in [1.29, 1.82) is 0 Å². The highest BCUT2D eigenvalue weighted by molar-refractivity contribution is 5.93. The number of nitrogen functional groups attached to an aromatic ring is 1. The van der Waals surface area contributed by atoms with Gasteiger partial charge in [0.05, 0.1) is 5.69 Å².